The number of benzene rings is 1. The molecular formula is C17H21NO. The van der Waals surface area contributed by atoms with E-state index >= 15 is 0 Å². The van der Waals surface area contributed by atoms with Gasteiger partial charge < -0.3 is 5.11 Å². The predicted octanol–water partition coefficient (Wildman–Crippen LogP) is 3.75. The van der Waals surface area contributed by atoms with Gasteiger partial charge in [-0.05, 0) is 30.0 Å². The van der Waals surface area contributed by atoms with E-state index in [1.807, 2.05) is 48.5 Å². The number of nitrogens with zero attached hydrogens (tertiary/aromatic N) is 1. The van der Waals surface area contributed by atoms with Gasteiger partial charge in [0.15, 0.2) is 0 Å². The van der Waals surface area contributed by atoms with Crippen molar-refractivity contribution in [3.63, 3.8) is 0 Å². The smallest absolute Gasteiger partial charge is 0.134 e. The maximum Gasteiger partial charge on any atom is 0.134 e. The van der Waals surface area contributed by atoms with Crippen molar-refractivity contribution in [1.82, 2.24) is 4.98 Å². The molecule has 0 amide bonds. The molecule has 0 spiro atoms. The van der Waals surface area contributed by atoms with Crippen LogP contribution in [0.1, 0.15) is 37.9 Å². The zero-order valence-electron chi connectivity index (χ0n) is 11.6. The van der Waals surface area contributed by atoms with Gasteiger partial charge in [0.05, 0.1) is 5.69 Å². The van der Waals surface area contributed by atoms with Gasteiger partial charge in [0.25, 0.3) is 0 Å². The van der Waals surface area contributed by atoms with E-state index in [1.54, 1.807) is 6.20 Å². The Kier molecular flexibility index (Phi) is 4.33. The van der Waals surface area contributed by atoms with Crippen LogP contribution in [-0.4, -0.2) is 10.1 Å². The summed E-state index contributed by atoms with van der Waals surface area (Å²) in [5, 5.41) is 11.3. The van der Waals surface area contributed by atoms with Crippen LogP contribution in [0.5, 0.6) is 0 Å². The summed E-state index contributed by atoms with van der Waals surface area (Å²) >= 11 is 0. The molecule has 0 radical (unpaired) electrons. The Bertz CT molecular complexity index is 456. The lowest BCUT2D eigenvalue weighted by Gasteiger charge is -2.34. The lowest BCUT2D eigenvalue weighted by atomic mass is 9.77. The van der Waals surface area contributed by atoms with Gasteiger partial charge in [-0.25, -0.2) is 0 Å². The van der Waals surface area contributed by atoms with Crippen LogP contribution in [0.15, 0.2) is 54.7 Å². The van der Waals surface area contributed by atoms with Crippen molar-refractivity contribution in [3.8, 4) is 0 Å². The number of rotatable bonds is 5. The van der Waals surface area contributed by atoms with Gasteiger partial charge in [-0.2, -0.15) is 0 Å². The summed E-state index contributed by atoms with van der Waals surface area (Å²) in [5.41, 5.74) is 0.621. The summed E-state index contributed by atoms with van der Waals surface area (Å²) in [4.78, 5) is 4.38. The lowest BCUT2D eigenvalue weighted by molar-refractivity contribution is 0.0159. The van der Waals surface area contributed by atoms with Gasteiger partial charge in [-0.1, -0.05) is 56.7 Å². The number of hydrogen-bond donors (Lipinski definition) is 1. The molecule has 2 unspecified atom stereocenters. The van der Waals surface area contributed by atoms with E-state index < -0.39 is 5.60 Å². The van der Waals surface area contributed by atoms with Gasteiger partial charge in [0.2, 0.25) is 0 Å². The quantitative estimate of drug-likeness (QED) is 0.882. The molecule has 2 nitrogen and oxygen atoms in total. The Balaban J connectivity index is 2.51. The second kappa shape index (κ2) is 5.98. The first-order valence-corrected chi connectivity index (χ1v) is 6.89. The van der Waals surface area contributed by atoms with Crippen LogP contribution in [0.4, 0.5) is 0 Å². The number of aliphatic hydroxyl groups is 1. The van der Waals surface area contributed by atoms with Gasteiger partial charge in [-0.3, -0.25) is 4.98 Å². The summed E-state index contributed by atoms with van der Waals surface area (Å²) in [6, 6.07) is 15.5. The molecule has 0 aliphatic heterocycles. The molecule has 100 valence electrons. The highest BCUT2D eigenvalue weighted by atomic mass is 16.3. The molecule has 1 heterocycles. The van der Waals surface area contributed by atoms with Crippen LogP contribution in [0.25, 0.3) is 0 Å². The van der Waals surface area contributed by atoms with Crippen LogP contribution in [0.2, 0.25) is 0 Å². The highest BCUT2D eigenvalue weighted by Gasteiger charge is 2.38. The fourth-order valence-electron chi connectivity index (χ4n) is 2.61. The van der Waals surface area contributed by atoms with E-state index in [2.05, 4.69) is 18.8 Å². The van der Waals surface area contributed by atoms with Crippen molar-refractivity contribution in [1.29, 1.82) is 0 Å². The molecule has 0 fully saturated rings. The summed E-state index contributed by atoms with van der Waals surface area (Å²) in [6.45, 7) is 4.23. The molecule has 0 bridgehead atoms. The molecule has 1 aromatic carbocycles. The largest absolute Gasteiger partial charge is 0.378 e. The molecule has 0 saturated carbocycles. The first-order valence-electron chi connectivity index (χ1n) is 6.89. The zero-order valence-corrected chi connectivity index (χ0v) is 11.6. The van der Waals surface area contributed by atoms with E-state index in [1.165, 1.54) is 0 Å². The molecule has 2 heteroatoms. The second-order valence-corrected chi connectivity index (χ2v) is 5.04. The van der Waals surface area contributed by atoms with Crippen LogP contribution >= 0.6 is 0 Å². The maximum atomic E-state index is 11.3. The van der Waals surface area contributed by atoms with Crippen LogP contribution in [-0.2, 0) is 5.60 Å². The van der Waals surface area contributed by atoms with Gasteiger partial charge in [-0.15, -0.1) is 0 Å². The molecule has 0 aliphatic carbocycles. The van der Waals surface area contributed by atoms with Gasteiger partial charge >= 0.3 is 0 Å². The minimum atomic E-state index is -1.02. The molecule has 19 heavy (non-hydrogen) atoms. The van der Waals surface area contributed by atoms with Crippen LogP contribution in [0.3, 0.4) is 0 Å². The Morgan fingerprint density at radius 1 is 1.11 bits per heavy atom. The van der Waals surface area contributed by atoms with E-state index in [4.69, 9.17) is 0 Å². The highest BCUT2D eigenvalue weighted by molar-refractivity contribution is 5.32. The third-order valence-corrected chi connectivity index (χ3v) is 3.70. The number of hydrogen-bond acceptors (Lipinski definition) is 2. The van der Waals surface area contributed by atoms with Crippen molar-refractivity contribution in [2.75, 3.05) is 0 Å². The van der Waals surface area contributed by atoms with Gasteiger partial charge in [0.1, 0.15) is 5.60 Å². The van der Waals surface area contributed by atoms with Crippen molar-refractivity contribution in [2.45, 2.75) is 32.3 Å². The molecular weight excluding hydrogens is 234 g/mol. The Labute approximate surface area is 115 Å². The Morgan fingerprint density at radius 2 is 1.79 bits per heavy atom. The fraction of sp³-hybridized carbons (Fsp3) is 0.353. The van der Waals surface area contributed by atoms with Crippen molar-refractivity contribution < 1.29 is 5.11 Å². The molecule has 2 aromatic rings. The Hall–Kier alpha value is -1.67. The third-order valence-electron chi connectivity index (χ3n) is 3.70. The summed E-state index contributed by atoms with van der Waals surface area (Å²) < 4.78 is 0. The van der Waals surface area contributed by atoms with E-state index in [0.29, 0.717) is 0 Å². The molecule has 1 aromatic heterocycles. The van der Waals surface area contributed by atoms with Gasteiger partial charge in [0, 0.05) is 6.20 Å². The standard InChI is InChI=1S/C17H21NO/c1-3-9-14(2)17(19,15-10-5-4-6-11-15)16-12-7-8-13-18-16/h4-8,10-14,19H,3,9H2,1-2H3. The fourth-order valence-corrected chi connectivity index (χ4v) is 2.61. The Morgan fingerprint density at radius 3 is 2.37 bits per heavy atom. The zero-order chi connectivity index (χ0) is 13.7. The monoisotopic (exact) mass is 255 g/mol. The normalized spacial score (nSPS) is 15.7. The average molecular weight is 255 g/mol. The van der Waals surface area contributed by atoms with E-state index in [0.717, 1.165) is 24.1 Å². The predicted molar refractivity (Wildman–Crippen MR) is 77.7 cm³/mol. The van der Waals surface area contributed by atoms with E-state index in [-0.39, 0.29) is 5.92 Å². The first-order chi connectivity index (χ1) is 9.19. The lowest BCUT2D eigenvalue weighted by Crippen LogP contribution is -2.35. The average Bonchev–Trinajstić information content (AvgIpc) is 2.48. The highest BCUT2D eigenvalue weighted by Crippen LogP contribution is 2.37. The number of aromatic nitrogens is 1. The third kappa shape index (κ3) is 2.69. The summed E-state index contributed by atoms with van der Waals surface area (Å²) in [7, 11) is 0. The van der Waals surface area contributed by atoms with Crippen LogP contribution in [0, 0.1) is 5.92 Å². The molecule has 0 saturated heterocycles. The van der Waals surface area contributed by atoms with Crippen molar-refractivity contribution in [3.05, 3.63) is 66.0 Å². The minimum absolute atomic E-state index is 0.120. The second-order valence-electron chi connectivity index (χ2n) is 5.04. The van der Waals surface area contributed by atoms with E-state index in [9.17, 15) is 5.11 Å². The number of pyridine rings is 1. The molecule has 2 atom stereocenters. The molecule has 2 rings (SSSR count). The topological polar surface area (TPSA) is 33.1 Å². The van der Waals surface area contributed by atoms with Crippen molar-refractivity contribution in [2.24, 2.45) is 5.92 Å². The summed E-state index contributed by atoms with van der Waals surface area (Å²) in [6.07, 6.45) is 3.74. The van der Waals surface area contributed by atoms with Crippen LogP contribution < -0.4 is 0 Å². The minimum Gasteiger partial charge on any atom is -0.378 e. The van der Waals surface area contributed by atoms with Crippen molar-refractivity contribution >= 4 is 0 Å². The molecule has 0 aliphatic rings. The molecule has 1 N–H and O–H groups in total. The SMILES string of the molecule is CCCC(C)C(O)(c1ccccc1)c1ccccn1. The first kappa shape index (κ1) is 13.8. The summed E-state index contributed by atoms with van der Waals surface area (Å²) in [5.74, 6) is 0.120. The maximum absolute atomic E-state index is 11.3.